The van der Waals surface area contributed by atoms with E-state index in [0.717, 1.165) is 0 Å². The third-order valence-electron chi connectivity index (χ3n) is 2.53. The Labute approximate surface area is 66.4 Å². The van der Waals surface area contributed by atoms with Gasteiger partial charge in [0.15, 0.2) is 0 Å². The van der Waals surface area contributed by atoms with E-state index in [2.05, 4.69) is 0 Å². The van der Waals surface area contributed by atoms with Gasteiger partial charge in [0.2, 0.25) is 0 Å². The summed E-state index contributed by atoms with van der Waals surface area (Å²) in [6.45, 7) is 5.46. The highest BCUT2D eigenvalue weighted by atomic mass is 16.5. The lowest BCUT2D eigenvalue weighted by atomic mass is 9.83. The largest absolute Gasteiger partial charge is 0.481 e. The molecule has 64 valence electrons. The van der Waals surface area contributed by atoms with E-state index in [4.69, 9.17) is 9.84 Å². The molecule has 1 saturated heterocycles. The van der Waals surface area contributed by atoms with Crippen LogP contribution in [0.4, 0.5) is 0 Å². The van der Waals surface area contributed by atoms with Gasteiger partial charge in [0, 0.05) is 0 Å². The highest BCUT2D eigenvalue weighted by Gasteiger charge is 2.46. The molecule has 1 aliphatic rings. The molecule has 1 rings (SSSR count). The van der Waals surface area contributed by atoms with Crippen molar-refractivity contribution in [3.63, 3.8) is 0 Å². The van der Waals surface area contributed by atoms with E-state index in [1.165, 1.54) is 0 Å². The van der Waals surface area contributed by atoms with E-state index >= 15 is 0 Å². The Morgan fingerprint density at radius 3 is 2.36 bits per heavy atom. The Kier molecular flexibility index (Phi) is 1.92. The Morgan fingerprint density at radius 2 is 2.18 bits per heavy atom. The van der Waals surface area contributed by atoms with Gasteiger partial charge in [0.05, 0.1) is 17.6 Å². The molecule has 0 bridgehead atoms. The standard InChI is InChI=1S/C8H14O3/c1-5-4-8(3,7(9)10)6(2)11-5/h5-6H,4H2,1-3H3,(H,9,10)/t5-,6+,8-/m1/s1. The van der Waals surface area contributed by atoms with Gasteiger partial charge in [-0.1, -0.05) is 0 Å². The first kappa shape index (κ1) is 8.53. The van der Waals surface area contributed by atoms with E-state index < -0.39 is 11.4 Å². The molecule has 11 heavy (non-hydrogen) atoms. The second kappa shape index (κ2) is 2.48. The maximum absolute atomic E-state index is 10.8. The summed E-state index contributed by atoms with van der Waals surface area (Å²) in [5.74, 6) is -0.755. The molecule has 0 amide bonds. The van der Waals surface area contributed by atoms with Gasteiger partial charge in [-0.3, -0.25) is 4.79 Å². The molecule has 1 aliphatic heterocycles. The Hall–Kier alpha value is -0.570. The summed E-state index contributed by atoms with van der Waals surface area (Å²) in [5.41, 5.74) is -0.681. The van der Waals surface area contributed by atoms with Crippen LogP contribution in [0.3, 0.4) is 0 Å². The third kappa shape index (κ3) is 1.25. The number of ether oxygens (including phenoxy) is 1. The molecule has 3 nitrogen and oxygen atoms in total. The van der Waals surface area contributed by atoms with Gasteiger partial charge in [-0.2, -0.15) is 0 Å². The van der Waals surface area contributed by atoms with Crippen LogP contribution in [0.1, 0.15) is 27.2 Å². The number of hydrogen-bond acceptors (Lipinski definition) is 2. The van der Waals surface area contributed by atoms with Gasteiger partial charge in [0.25, 0.3) is 0 Å². The molecule has 3 heteroatoms. The molecular weight excluding hydrogens is 144 g/mol. The van der Waals surface area contributed by atoms with Crippen molar-refractivity contribution >= 4 is 5.97 Å². The van der Waals surface area contributed by atoms with Gasteiger partial charge < -0.3 is 9.84 Å². The molecule has 0 radical (unpaired) electrons. The summed E-state index contributed by atoms with van der Waals surface area (Å²) < 4.78 is 5.36. The van der Waals surface area contributed by atoms with Gasteiger partial charge in [-0.15, -0.1) is 0 Å². The molecule has 1 heterocycles. The predicted octanol–water partition coefficient (Wildman–Crippen LogP) is 1.27. The molecule has 0 spiro atoms. The van der Waals surface area contributed by atoms with Crippen molar-refractivity contribution in [2.45, 2.75) is 39.4 Å². The number of carboxylic acids is 1. The van der Waals surface area contributed by atoms with Crippen LogP contribution in [-0.4, -0.2) is 23.3 Å². The Morgan fingerprint density at radius 1 is 1.64 bits per heavy atom. The van der Waals surface area contributed by atoms with Gasteiger partial charge in [-0.05, 0) is 27.2 Å². The number of aliphatic carboxylic acids is 1. The fourth-order valence-electron chi connectivity index (χ4n) is 1.57. The van der Waals surface area contributed by atoms with Crippen LogP contribution in [0.2, 0.25) is 0 Å². The molecule has 0 aliphatic carbocycles. The topological polar surface area (TPSA) is 46.5 Å². The zero-order valence-electron chi connectivity index (χ0n) is 7.13. The summed E-state index contributed by atoms with van der Waals surface area (Å²) in [6, 6.07) is 0. The van der Waals surface area contributed by atoms with E-state index in [1.807, 2.05) is 13.8 Å². The van der Waals surface area contributed by atoms with Crippen molar-refractivity contribution in [3.05, 3.63) is 0 Å². The van der Waals surface area contributed by atoms with E-state index in [9.17, 15) is 4.79 Å². The minimum Gasteiger partial charge on any atom is -0.481 e. The third-order valence-corrected chi connectivity index (χ3v) is 2.53. The van der Waals surface area contributed by atoms with Crippen LogP contribution >= 0.6 is 0 Å². The van der Waals surface area contributed by atoms with Crippen molar-refractivity contribution in [1.82, 2.24) is 0 Å². The quantitative estimate of drug-likeness (QED) is 0.625. The SMILES string of the molecule is C[C@@H]1C[C@@](C)(C(=O)O)[C@H](C)O1. The monoisotopic (exact) mass is 158 g/mol. The zero-order valence-corrected chi connectivity index (χ0v) is 7.13. The lowest BCUT2D eigenvalue weighted by Gasteiger charge is -2.21. The first-order valence-corrected chi connectivity index (χ1v) is 3.85. The Bertz CT molecular complexity index is 178. The molecule has 1 N–H and O–H groups in total. The first-order chi connectivity index (χ1) is 4.97. The van der Waals surface area contributed by atoms with Crippen molar-refractivity contribution in [2.24, 2.45) is 5.41 Å². The molecule has 0 unspecified atom stereocenters. The average molecular weight is 158 g/mol. The lowest BCUT2D eigenvalue weighted by Crippen LogP contribution is -2.33. The molecular formula is C8H14O3. The summed E-state index contributed by atoms with van der Waals surface area (Å²) in [4.78, 5) is 10.8. The highest BCUT2D eigenvalue weighted by molar-refractivity contribution is 5.75. The molecule has 0 saturated carbocycles. The molecule has 1 fully saturated rings. The number of rotatable bonds is 1. The number of hydrogen-bond donors (Lipinski definition) is 1. The minimum atomic E-state index is -0.755. The van der Waals surface area contributed by atoms with Crippen molar-refractivity contribution in [3.8, 4) is 0 Å². The number of carbonyl (C=O) groups is 1. The first-order valence-electron chi connectivity index (χ1n) is 3.85. The van der Waals surface area contributed by atoms with Crippen LogP contribution in [0.5, 0.6) is 0 Å². The minimum absolute atomic E-state index is 0.0751. The number of carboxylic acid groups (broad SMARTS) is 1. The lowest BCUT2D eigenvalue weighted by molar-refractivity contribution is -0.150. The van der Waals surface area contributed by atoms with Crippen LogP contribution in [-0.2, 0) is 9.53 Å². The maximum atomic E-state index is 10.8. The smallest absolute Gasteiger partial charge is 0.312 e. The van der Waals surface area contributed by atoms with Crippen LogP contribution in [0, 0.1) is 5.41 Å². The zero-order chi connectivity index (χ0) is 8.65. The van der Waals surface area contributed by atoms with Crippen molar-refractivity contribution in [1.29, 1.82) is 0 Å². The van der Waals surface area contributed by atoms with E-state index in [1.54, 1.807) is 6.92 Å². The summed E-state index contributed by atoms with van der Waals surface area (Å²) in [7, 11) is 0. The summed E-state index contributed by atoms with van der Waals surface area (Å²) in [5, 5.41) is 8.88. The fourth-order valence-corrected chi connectivity index (χ4v) is 1.57. The molecule has 0 aromatic heterocycles. The molecule has 0 aromatic carbocycles. The van der Waals surface area contributed by atoms with Crippen LogP contribution < -0.4 is 0 Å². The van der Waals surface area contributed by atoms with Gasteiger partial charge in [0.1, 0.15) is 0 Å². The predicted molar refractivity (Wildman–Crippen MR) is 40.4 cm³/mol. The molecule has 0 aromatic rings. The van der Waals surface area contributed by atoms with Crippen molar-refractivity contribution < 1.29 is 14.6 Å². The second-order valence-electron chi connectivity index (χ2n) is 3.52. The second-order valence-corrected chi connectivity index (χ2v) is 3.52. The van der Waals surface area contributed by atoms with Gasteiger partial charge in [-0.25, -0.2) is 0 Å². The fraction of sp³-hybridized carbons (Fsp3) is 0.875. The van der Waals surface area contributed by atoms with Crippen LogP contribution in [0.15, 0.2) is 0 Å². The maximum Gasteiger partial charge on any atom is 0.312 e. The van der Waals surface area contributed by atoms with Crippen molar-refractivity contribution in [2.75, 3.05) is 0 Å². The van der Waals surface area contributed by atoms with E-state index in [0.29, 0.717) is 6.42 Å². The average Bonchev–Trinajstić information content (AvgIpc) is 2.08. The normalized spacial score (nSPS) is 44.3. The van der Waals surface area contributed by atoms with Gasteiger partial charge >= 0.3 is 5.97 Å². The molecule has 3 atom stereocenters. The Balaban J connectivity index is 2.79. The summed E-state index contributed by atoms with van der Waals surface area (Å²) in [6.07, 6.45) is 0.518. The van der Waals surface area contributed by atoms with Crippen LogP contribution in [0.25, 0.3) is 0 Å². The van der Waals surface area contributed by atoms with E-state index in [-0.39, 0.29) is 12.2 Å². The summed E-state index contributed by atoms with van der Waals surface area (Å²) >= 11 is 0. The highest BCUT2D eigenvalue weighted by Crippen LogP contribution is 2.38.